The summed E-state index contributed by atoms with van der Waals surface area (Å²) in [6.07, 6.45) is 6.89. The second kappa shape index (κ2) is 4.56. The molecule has 0 fully saturated rings. The zero-order valence-electron chi connectivity index (χ0n) is 15.8. The van der Waals surface area contributed by atoms with Gasteiger partial charge in [-0.2, -0.15) is 0 Å². The number of hydrogen-bond acceptors (Lipinski definition) is 5. The molecule has 2 aliphatic rings. The van der Waals surface area contributed by atoms with Crippen molar-refractivity contribution in [3.8, 4) is 0 Å². The molecule has 2 aromatic rings. The quantitative estimate of drug-likeness (QED) is 0.755. The molecule has 22 heavy (non-hydrogen) atoms. The van der Waals surface area contributed by atoms with Crippen LogP contribution in [0.25, 0.3) is 17.2 Å². The average molecular weight is 297 g/mol. The fraction of sp³-hybridized carbons (Fsp3) is 0.312. The average Bonchev–Trinajstić information content (AvgIpc) is 3.09. The summed E-state index contributed by atoms with van der Waals surface area (Å²) in [6.45, 7) is 3.71. The molecule has 4 heterocycles. The minimum Gasteiger partial charge on any atom is -0.450 e. The Balaban J connectivity index is 1.73. The molecule has 0 amide bonds. The summed E-state index contributed by atoms with van der Waals surface area (Å²) < 4.78 is 29.0. The van der Waals surface area contributed by atoms with Crippen LogP contribution in [0.2, 0.25) is 6.82 Å². The number of hydrogen-bond donors (Lipinski definition) is 0. The Hall–Kier alpha value is -2.37. The van der Waals surface area contributed by atoms with Gasteiger partial charge in [0.05, 0.1) is 0 Å². The van der Waals surface area contributed by atoms with Gasteiger partial charge in [0.2, 0.25) is 5.71 Å². The molecule has 112 valence electrons. The van der Waals surface area contributed by atoms with E-state index >= 15 is 0 Å². The van der Waals surface area contributed by atoms with E-state index in [0.29, 0.717) is 5.71 Å². The number of allylic oxidation sites excluding steroid dienone is 1. The van der Waals surface area contributed by atoms with Crippen LogP contribution < -0.4 is 5.66 Å². The van der Waals surface area contributed by atoms with E-state index in [1.54, 1.807) is 18.6 Å². The second-order valence-corrected chi connectivity index (χ2v) is 5.76. The van der Waals surface area contributed by atoms with Gasteiger partial charge in [0.25, 0.3) is 0 Å². The van der Waals surface area contributed by atoms with E-state index in [9.17, 15) is 0 Å². The zero-order chi connectivity index (χ0) is 17.9. The standard InChI is InChI=1S/C16H19BN4O/c1-11-10-14-13-6-5-7-18-16(13)22-15(14)17(3)21(11)20-9-8-19(4)12(20)2/h5-10,12H,1-4H3/t12-/m0/s1/i4D3. The molecule has 4 rings (SSSR count). The maximum absolute atomic E-state index is 7.68. The summed E-state index contributed by atoms with van der Waals surface area (Å²) in [6, 6.07) is 3.91. The van der Waals surface area contributed by atoms with Gasteiger partial charge >= 0.3 is 6.85 Å². The van der Waals surface area contributed by atoms with E-state index in [1.165, 1.54) is 4.90 Å². The van der Waals surface area contributed by atoms with Crippen molar-refractivity contribution in [3.63, 3.8) is 0 Å². The van der Waals surface area contributed by atoms with Gasteiger partial charge in [-0.25, -0.2) is 4.98 Å². The van der Waals surface area contributed by atoms with Gasteiger partial charge in [0.15, 0.2) is 0 Å². The number of furan rings is 1. The minimum atomic E-state index is -2.17. The molecule has 0 aromatic carbocycles. The fourth-order valence-electron chi connectivity index (χ4n) is 3.27. The van der Waals surface area contributed by atoms with E-state index in [4.69, 9.17) is 8.53 Å². The number of aromatic nitrogens is 1. The maximum Gasteiger partial charge on any atom is 0.353 e. The molecule has 0 bridgehead atoms. The van der Waals surface area contributed by atoms with Crippen LogP contribution in [0.15, 0.2) is 40.8 Å². The van der Waals surface area contributed by atoms with Crippen LogP contribution >= 0.6 is 0 Å². The molecule has 0 aliphatic carbocycles. The Morgan fingerprint density at radius 3 is 3.05 bits per heavy atom. The van der Waals surface area contributed by atoms with Gasteiger partial charge in [-0.1, -0.05) is 6.82 Å². The van der Waals surface area contributed by atoms with Crippen LogP contribution in [0, 0.1) is 0 Å². The molecular weight excluding hydrogens is 275 g/mol. The first kappa shape index (κ1) is 10.4. The Morgan fingerprint density at radius 2 is 2.27 bits per heavy atom. The third-order valence-electron chi connectivity index (χ3n) is 4.41. The molecule has 0 saturated heterocycles. The van der Waals surface area contributed by atoms with Gasteiger partial charge in [-0.05, 0) is 32.1 Å². The smallest absolute Gasteiger partial charge is 0.353 e. The van der Waals surface area contributed by atoms with Crippen LogP contribution in [0.4, 0.5) is 0 Å². The Bertz CT molecular complexity index is 891. The number of pyridine rings is 1. The van der Waals surface area contributed by atoms with Crippen LogP contribution in [-0.2, 0) is 0 Å². The summed E-state index contributed by atoms with van der Waals surface area (Å²) in [5.41, 5.74) is 3.54. The first-order chi connectivity index (χ1) is 11.8. The topological polar surface area (TPSA) is 35.8 Å². The van der Waals surface area contributed by atoms with Crippen molar-refractivity contribution in [3.05, 3.63) is 42.0 Å². The molecule has 2 aliphatic heterocycles. The van der Waals surface area contributed by atoms with Gasteiger partial charge < -0.3 is 14.2 Å². The van der Waals surface area contributed by atoms with Gasteiger partial charge in [-0.15, -0.1) is 0 Å². The summed E-state index contributed by atoms with van der Waals surface area (Å²) in [5.74, 6) is 0. The van der Waals surface area contributed by atoms with E-state index in [0.717, 1.165) is 22.3 Å². The minimum absolute atomic E-state index is 0.0714. The van der Waals surface area contributed by atoms with E-state index < -0.39 is 6.98 Å². The van der Waals surface area contributed by atoms with Crippen molar-refractivity contribution >= 4 is 29.7 Å². The lowest BCUT2D eigenvalue weighted by atomic mass is 9.58. The summed E-state index contributed by atoms with van der Waals surface area (Å²) >= 11 is 0. The SMILES string of the molecule is [2H]C([2H])([2H])N1C=CN(N2B(C)c3oc4ncccc4c3C=C2C)[C@H]1C. The van der Waals surface area contributed by atoms with Gasteiger partial charge in [-0.3, -0.25) is 5.01 Å². The highest BCUT2D eigenvalue weighted by Crippen LogP contribution is 2.29. The highest BCUT2D eigenvalue weighted by molar-refractivity contribution is 6.70. The molecular formula is C16H19BN4O. The largest absolute Gasteiger partial charge is 0.450 e. The van der Waals surface area contributed by atoms with Crippen molar-refractivity contribution in [2.75, 3.05) is 6.98 Å². The second-order valence-electron chi connectivity index (χ2n) is 5.76. The van der Waals surface area contributed by atoms with E-state index in [2.05, 4.69) is 22.8 Å². The molecule has 0 unspecified atom stereocenters. The van der Waals surface area contributed by atoms with E-state index in [-0.39, 0.29) is 13.0 Å². The highest BCUT2D eigenvalue weighted by Gasteiger charge is 2.37. The Kier molecular flexibility index (Phi) is 2.15. The summed E-state index contributed by atoms with van der Waals surface area (Å²) in [4.78, 5) is 7.75. The lowest BCUT2D eigenvalue weighted by Gasteiger charge is -2.43. The number of hydrazine groups is 1. The third kappa shape index (κ3) is 1.70. The van der Waals surface area contributed by atoms with Gasteiger partial charge in [0.1, 0.15) is 11.8 Å². The lowest BCUT2D eigenvalue weighted by Crippen LogP contribution is -2.57. The van der Waals surface area contributed by atoms with Crippen molar-refractivity contribution < 1.29 is 8.53 Å². The van der Waals surface area contributed by atoms with Crippen LogP contribution in [-0.4, -0.2) is 39.8 Å². The predicted octanol–water partition coefficient (Wildman–Crippen LogP) is 2.31. The number of fused-ring (bicyclic) bond motifs is 3. The first-order valence-corrected chi connectivity index (χ1v) is 7.39. The Morgan fingerprint density at radius 1 is 1.41 bits per heavy atom. The fourth-order valence-corrected chi connectivity index (χ4v) is 3.27. The molecule has 0 N–H and O–H groups in total. The molecule has 6 heteroatoms. The zero-order valence-corrected chi connectivity index (χ0v) is 12.8. The molecule has 5 nitrogen and oxygen atoms in total. The van der Waals surface area contributed by atoms with Crippen molar-refractivity contribution in [1.29, 1.82) is 0 Å². The predicted molar refractivity (Wildman–Crippen MR) is 89.0 cm³/mol. The maximum atomic E-state index is 7.68. The number of rotatable bonds is 1. The summed E-state index contributed by atoms with van der Waals surface area (Å²) in [7, 11) is 0. The van der Waals surface area contributed by atoms with Crippen molar-refractivity contribution in [1.82, 2.24) is 19.8 Å². The van der Waals surface area contributed by atoms with Gasteiger partial charge in [0, 0.05) is 46.3 Å². The van der Waals surface area contributed by atoms with Crippen LogP contribution in [0.5, 0.6) is 0 Å². The van der Waals surface area contributed by atoms with Crippen molar-refractivity contribution in [2.45, 2.75) is 26.8 Å². The van der Waals surface area contributed by atoms with Crippen LogP contribution in [0.3, 0.4) is 0 Å². The molecule has 1 atom stereocenters. The summed E-state index contributed by atoms with van der Waals surface area (Å²) in [5, 5.41) is 2.93. The van der Waals surface area contributed by atoms with E-state index in [1.807, 2.05) is 31.0 Å². The normalized spacial score (nSPS) is 23.5. The molecule has 0 spiro atoms. The highest BCUT2D eigenvalue weighted by atomic mass is 16.3. The first-order valence-electron chi connectivity index (χ1n) is 8.89. The molecule has 0 saturated carbocycles. The monoisotopic (exact) mass is 297 g/mol. The van der Waals surface area contributed by atoms with Crippen LogP contribution in [0.1, 0.15) is 23.5 Å². The van der Waals surface area contributed by atoms with Crippen molar-refractivity contribution in [2.24, 2.45) is 0 Å². The number of nitrogens with zero attached hydrogens (tertiary/aromatic N) is 4. The molecule has 2 aromatic heterocycles. The Labute approximate surface area is 134 Å². The lowest BCUT2D eigenvalue weighted by molar-refractivity contribution is 0.0631. The molecule has 0 radical (unpaired) electrons. The third-order valence-corrected chi connectivity index (χ3v) is 4.41.